The Kier molecular flexibility index (Phi) is 5.80. The van der Waals surface area contributed by atoms with E-state index in [1.807, 2.05) is 36.1 Å². The van der Waals surface area contributed by atoms with Crippen LogP contribution in [0.1, 0.15) is 35.6 Å². The molecule has 0 saturated carbocycles. The maximum absolute atomic E-state index is 10.8. The number of hydrogen-bond acceptors (Lipinski definition) is 2. The van der Waals surface area contributed by atoms with Crippen LogP contribution in [0.5, 0.6) is 0 Å². The summed E-state index contributed by atoms with van der Waals surface area (Å²) in [6.07, 6.45) is 5.67. The molecule has 4 heteroatoms. The average Bonchev–Trinajstić information content (AvgIpc) is 3.16. The van der Waals surface area contributed by atoms with Crippen LogP contribution >= 0.6 is 0 Å². The van der Waals surface area contributed by atoms with Crippen LogP contribution in [0.25, 0.3) is 28.1 Å². The average molecular weight is 409 g/mol. The van der Waals surface area contributed by atoms with Crippen molar-refractivity contribution in [2.45, 2.75) is 13.3 Å². The fraction of sp³-hybridized carbons (Fsp3) is 0.111. The maximum Gasteiger partial charge on any atom is 0.328 e. The van der Waals surface area contributed by atoms with E-state index in [9.17, 15) is 4.79 Å². The van der Waals surface area contributed by atoms with E-state index in [0.29, 0.717) is 0 Å². The van der Waals surface area contributed by atoms with E-state index in [-0.39, 0.29) is 0 Å². The first-order valence-corrected chi connectivity index (χ1v) is 10.3. The third-order valence-corrected chi connectivity index (χ3v) is 5.30. The predicted octanol–water partition coefficient (Wildman–Crippen LogP) is 6.04. The quantitative estimate of drug-likeness (QED) is 0.313. The first kappa shape index (κ1) is 20.4. The van der Waals surface area contributed by atoms with E-state index in [0.717, 1.165) is 40.1 Å². The number of fused-ring (bicyclic) bond motifs is 1. The van der Waals surface area contributed by atoms with E-state index in [1.54, 1.807) is 6.08 Å². The maximum atomic E-state index is 10.8. The summed E-state index contributed by atoms with van der Waals surface area (Å²) in [5.41, 5.74) is 7.68. The van der Waals surface area contributed by atoms with Crippen molar-refractivity contribution in [3.05, 3.63) is 107 Å². The van der Waals surface area contributed by atoms with Gasteiger partial charge in [0.2, 0.25) is 0 Å². The van der Waals surface area contributed by atoms with Crippen molar-refractivity contribution in [2.75, 3.05) is 0 Å². The highest BCUT2D eigenvalue weighted by molar-refractivity contribution is 6.00. The van der Waals surface area contributed by atoms with Gasteiger partial charge in [-0.15, -0.1) is 0 Å². The standard InChI is InChI=1S/C27H24N2O2/c1-3-24(20-7-5-4-6-8-20)27(21-12-9-19(10-13-21)11-16-26(30)31)22-14-15-25-23(17-22)18-29(2)28-25/h4-18H,3H2,1-2H3,(H,30,31)/b16-11+,27-24+. The smallest absolute Gasteiger partial charge is 0.328 e. The van der Waals surface area contributed by atoms with Crippen LogP contribution in [0.15, 0.2) is 85.1 Å². The van der Waals surface area contributed by atoms with Gasteiger partial charge in [0.15, 0.2) is 0 Å². The molecule has 154 valence electrons. The summed E-state index contributed by atoms with van der Waals surface area (Å²) in [5, 5.41) is 14.5. The lowest BCUT2D eigenvalue weighted by molar-refractivity contribution is -0.131. The van der Waals surface area contributed by atoms with Crippen molar-refractivity contribution in [3.63, 3.8) is 0 Å². The molecule has 0 bridgehead atoms. The molecule has 0 unspecified atom stereocenters. The van der Waals surface area contributed by atoms with Crippen LogP contribution in [-0.2, 0) is 11.8 Å². The van der Waals surface area contributed by atoms with Gasteiger partial charge in [-0.3, -0.25) is 4.68 Å². The minimum Gasteiger partial charge on any atom is -0.478 e. The molecule has 0 aliphatic carbocycles. The van der Waals surface area contributed by atoms with E-state index in [4.69, 9.17) is 5.11 Å². The Balaban J connectivity index is 1.90. The molecule has 4 nitrogen and oxygen atoms in total. The van der Waals surface area contributed by atoms with Crippen molar-refractivity contribution in [3.8, 4) is 0 Å². The van der Waals surface area contributed by atoms with Crippen LogP contribution in [0.4, 0.5) is 0 Å². The highest BCUT2D eigenvalue weighted by Gasteiger charge is 2.14. The first-order valence-electron chi connectivity index (χ1n) is 10.3. The second kappa shape index (κ2) is 8.84. The van der Waals surface area contributed by atoms with Gasteiger partial charge in [-0.25, -0.2) is 4.79 Å². The topological polar surface area (TPSA) is 55.1 Å². The summed E-state index contributed by atoms with van der Waals surface area (Å²) in [6, 6.07) is 24.8. The summed E-state index contributed by atoms with van der Waals surface area (Å²) in [6.45, 7) is 2.18. The molecule has 0 aliphatic rings. The van der Waals surface area contributed by atoms with Gasteiger partial charge < -0.3 is 5.11 Å². The molecule has 3 aromatic carbocycles. The summed E-state index contributed by atoms with van der Waals surface area (Å²) in [4.78, 5) is 10.8. The van der Waals surface area contributed by atoms with Gasteiger partial charge in [0.05, 0.1) is 5.52 Å². The minimum absolute atomic E-state index is 0.853. The first-order chi connectivity index (χ1) is 15.0. The lowest BCUT2D eigenvalue weighted by Crippen LogP contribution is -1.95. The Hall–Kier alpha value is -3.92. The minimum atomic E-state index is -0.952. The molecular formula is C27H24N2O2. The Morgan fingerprint density at radius 3 is 2.35 bits per heavy atom. The van der Waals surface area contributed by atoms with E-state index >= 15 is 0 Å². The Bertz CT molecular complexity index is 1280. The summed E-state index contributed by atoms with van der Waals surface area (Å²) >= 11 is 0. The highest BCUT2D eigenvalue weighted by Crippen LogP contribution is 2.35. The van der Waals surface area contributed by atoms with Crippen molar-refractivity contribution >= 4 is 34.1 Å². The number of rotatable bonds is 6. The molecule has 31 heavy (non-hydrogen) atoms. The lowest BCUT2D eigenvalue weighted by atomic mass is 9.87. The molecular weight excluding hydrogens is 384 g/mol. The molecule has 0 aliphatic heterocycles. The number of allylic oxidation sites excluding steroid dienone is 1. The molecule has 4 aromatic rings. The number of hydrogen-bond donors (Lipinski definition) is 1. The van der Waals surface area contributed by atoms with E-state index < -0.39 is 5.97 Å². The molecule has 0 fully saturated rings. The van der Waals surface area contributed by atoms with Gasteiger partial charge in [0.25, 0.3) is 0 Å². The van der Waals surface area contributed by atoms with Gasteiger partial charge in [0.1, 0.15) is 0 Å². The zero-order chi connectivity index (χ0) is 21.8. The Morgan fingerprint density at radius 1 is 0.968 bits per heavy atom. The summed E-state index contributed by atoms with van der Waals surface area (Å²) < 4.78 is 1.83. The van der Waals surface area contributed by atoms with Crippen molar-refractivity contribution in [1.29, 1.82) is 0 Å². The van der Waals surface area contributed by atoms with Crippen LogP contribution in [0.3, 0.4) is 0 Å². The zero-order valence-corrected chi connectivity index (χ0v) is 17.6. The number of nitrogens with zero attached hydrogens (tertiary/aromatic N) is 2. The van der Waals surface area contributed by atoms with E-state index in [2.05, 4.69) is 66.6 Å². The predicted molar refractivity (Wildman–Crippen MR) is 126 cm³/mol. The Labute approximate surface area is 181 Å². The molecule has 4 rings (SSSR count). The van der Waals surface area contributed by atoms with Gasteiger partial charge in [-0.05, 0) is 58.0 Å². The normalized spacial score (nSPS) is 12.3. The zero-order valence-electron chi connectivity index (χ0n) is 17.6. The number of aliphatic carboxylic acids is 1. The fourth-order valence-electron chi connectivity index (χ4n) is 3.91. The number of aryl methyl sites for hydroxylation is 1. The Morgan fingerprint density at radius 2 is 1.68 bits per heavy atom. The number of carboxylic acid groups (broad SMARTS) is 1. The SMILES string of the molecule is CC/C(=C(/c1ccc(/C=C/C(=O)O)cc1)c1ccc2nn(C)cc2c1)c1ccccc1. The van der Waals surface area contributed by atoms with Crippen molar-refractivity contribution < 1.29 is 9.90 Å². The lowest BCUT2D eigenvalue weighted by Gasteiger charge is -2.16. The molecule has 0 spiro atoms. The monoisotopic (exact) mass is 408 g/mol. The fourth-order valence-corrected chi connectivity index (χ4v) is 3.91. The van der Waals surface area contributed by atoms with Crippen LogP contribution in [0.2, 0.25) is 0 Å². The van der Waals surface area contributed by atoms with Crippen molar-refractivity contribution in [2.24, 2.45) is 7.05 Å². The molecule has 0 radical (unpaired) electrons. The van der Waals surface area contributed by atoms with Crippen LogP contribution < -0.4 is 0 Å². The summed E-state index contributed by atoms with van der Waals surface area (Å²) in [7, 11) is 1.93. The van der Waals surface area contributed by atoms with Gasteiger partial charge in [-0.1, -0.05) is 67.6 Å². The molecule has 1 heterocycles. The van der Waals surface area contributed by atoms with Crippen LogP contribution in [0, 0.1) is 0 Å². The number of benzene rings is 3. The largest absolute Gasteiger partial charge is 0.478 e. The van der Waals surface area contributed by atoms with E-state index in [1.165, 1.54) is 16.7 Å². The van der Waals surface area contributed by atoms with Gasteiger partial charge in [-0.2, -0.15) is 5.10 Å². The molecule has 0 saturated heterocycles. The molecule has 1 N–H and O–H groups in total. The molecule has 0 atom stereocenters. The third-order valence-electron chi connectivity index (χ3n) is 5.30. The number of carboxylic acids is 1. The highest BCUT2D eigenvalue weighted by atomic mass is 16.4. The molecule has 0 amide bonds. The summed E-state index contributed by atoms with van der Waals surface area (Å²) in [5.74, 6) is -0.952. The number of carbonyl (C=O) groups is 1. The van der Waals surface area contributed by atoms with Crippen molar-refractivity contribution in [1.82, 2.24) is 9.78 Å². The van der Waals surface area contributed by atoms with Gasteiger partial charge in [0, 0.05) is 24.7 Å². The molecule has 1 aromatic heterocycles. The second-order valence-electron chi connectivity index (χ2n) is 7.44. The third kappa shape index (κ3) is 4.48. The number of aromatic nitrogens is 2. The second-order valence-corrected chi connectivity index (χ2v) is 7.44. The van der Waals surface area contributed by atoms with Crippen LogP contribution in [-0.4, -0.2) is 20.9 Å². The van der Waals surface area contributed by atoms with Gasteiger partial charge >= 0.3 is 5.97 Å².